The number of H-pyrrole nitrogens is 1. The molecule has 0 spiro atoms. The van der Waals surface area contributed by atoms with Gasteiger partial charge in [-0.15, -0.1) is 11.3 Å². The molecule has 0 unspecified atom stereocenters. The minimum absolute atomic E-state index is 0.0382. The van der Waals surface area contributed by atoms with E-state index in [1.54, 1.807) is 17.8 Å². The zero-order valence-corrected chi connectivity index (χ0v) is 17.2. The highest BCUT2D eigenvalue weighted by molar-refractivity contribution is 7.07. The lowest BCUT2D eigenvalue weighted by Gasteiger charge is -2.36. The van der Waals surface area contributed by atoms with E-state index < -0.39 is 5.41 Å². The smallest absolute Gasteiger partial charge is 0.272 e. The third kappa shape index (κ3) is 3.34. The standard InChI is InChI=1S/C20H27N5O2S/c1-13(2)5-7-20(19(27)21-10-14-11-28-12-22-14)9-15-3-4-17(20)25(15)18(26)16-6-8-23-24-16/h6,8,11-13,15,17H,3-5,7,9-10H2,1-2H3,(H,21,27)(H,23,24)/t15-,17+,20+/m1/s1. The topological polar surface area (TPSA) is 91.0 Å². The van der Waals surface area contributed by atoms with Gasteiger partial charge in [0.25, 0.3) is 5.91 Å². The molecule has 0 aliphatic carbocycles. The highest BCUT2D eigenvalue weighted by Crippen LogP contribution is 2.53. The van der Waals surface area contributed by atoms with E-state index in [1.807, 2.05) is 10.3 Å². The number of amides is 2. The number of nitrogens with one attached hydrogen (secondary N) is 2. The maximum atomic E-state index is 13.4. The van der Waals surface area contributed by atoms with Crippen LogP contribution in [0.1, 0.15) is 62.1 Å². The number of aromatic nitrogens is 3. The molecule has 4 heterocycles. The molecule has 2 aromatic rings. The fraction of sp³-hybridized carbons (Fsp3) is 0.600. The molecule has 2 fully saturated rings. The molecule has 150 valence electrons. The number of aromatic amines is 1. The highest BCUT2D eigenvalue weighted by atomic mass is 32.1. The highest BCUT2D eigenvalue weighted by Gasteiger charge is 2.60. The van der Waals surface area contributed by atoms with Crippen molar-refractivity contribution in [2.75, 3.05) is 0 Å². The van der Waals surface area contributed by atoms with Crippen LogP contribution in [0.2, 0.25) is 0 Å². The first kappa shape index (κ1) is 19.1. The number of hydrogen-bond acceptors (Lipinski definition) is 5. The number of fused-ring (bicyclic) bond motifs is 2. The van der Waals surface area contributed by atoms with Gasteiger partial charge in [0.2, 0.25) is 5.91 Å². The second-order valence-electron chi connectivity index (χ2n) is 8.38. The SMILES string of the molecule is CC(C)CC[C@]1(C(=O)NCc2cscn2)C[C@H]2CC[C@@H]1N2C(=O)c1ccn[nH]1. The summed E-state index contributed by atoms with van der Waals surface area (Å²) >= 11 is 1.53. The Hall–Kier alpha value is -2.22. The molecule has 8 heteroatoms. The fourth-order valence-electron chi connectivity index (χ4n) is 4.85. The molecule has 2 aliphatic heterocycles. The van der Waals surface area contributed by atoms with Gasteiger partial charge in [-0.3, -0.25) is 14.7 Å². The summed E-state index contributed by atoms with van der Waals surface area (Å²) in [5.41, 5.74) is 2.64. The Morgan fingerprint density at radius 2 is 2.29 bits per heavy atom. The lowest BCUT2D eigenvalue weighted by atomic mass is 9.69. The van der Waals surface area contributed by atoms with Gasteiger partial charge in [0.1, 0.15) is 5.69 Å². The van der Waals surface area contributed by atoms with Crippen LogP contribution in [0.5, 0.6) is 0 Å². The maximum Gasteiger partial charge on any atom is 0.272 e. The summed E-state index contributed by atoms with van der Waals surface area (Å²) in [5, 5.41) is 11.8. The average Bonchev–Trinajstić information content (AvgIpc) is 3.47. The number of nitrogens with zero attached hydrogens (tertiary/aromatic N) is 3. The van der Waals surface area contributed by atoms with E-state index in [0.29, 0.717) is 18.2 Å². The molecule has 2 aromatic heterocycles. The van der Waals surface area contributed by atoms with Crippen LogP contribution in [-0.4, -0.2) is 44.0 Å². The fourth-order valence-corrected chi connectivity index (χ4v) is 5.41. The van der Waals surface area contributed by atoms with E-state index in [-0.39, 0.29) is 23.9 Å². The summed E-state index contributed by atoms with van der Waals surface area (Å²) in [6.45, 7) is 4.81. The lowest BCUT2D eigenvalue weighted by molar-refractivity contribution is -0.133. The molecule has 2 amide bonds. The van der Waals surface area contributed by atoms with Gasteiger partial charge < -0.3 is 10.2 Å². The van der Waals surface area contributed by atoms with Gasteiger partial charge in [-0.25, -0.2) is 4.98 Å². The lowest BCUT2D eigenvalue weighted by Crippen LogP contribution is -2.50. The Balaban J connectivity index is 1.57. The minimum Gasteiger partial charge on any atom is -0.350 e. The van der Waals surface area contributed by atoms with E-state index in [9.17, 15) is 9.59 Å². The second kappa shape index (κ2) is 7.66. The number of thiazole rings is 1. The Morgan fingerprint density at radius 3 is 2.96 bits per heavy atom. The van der Waals surface area contributed by atoms with Crippen molar-refractivity contribution in [3.05, 3.63) is 34.5 Å². The van der Waals surface area contributed by atoms with Crippen molar-refractivity contribution in [1.82, 2.24) is 25.4 Å². The quantitative estimate of drug-likeness (QED) is 0.746. The Bertz CT molecular complexity index is 820. The first-order valence-electron chi connectivity index (χ1n) is 9.98. The van der Waals surface area contributed by atoms with Crippen LogP contribution in [0.15, 0.2) is 23.2 Å². The summed E-state index contributed by atoms with van der Waals surface area (Å²) in [6.07, 6.45) is 5.96. The number of carbonyl (C=O) groups is 2. The van der Waals surface area contributed by atoms with Crippen LogP contribution in [0, 0.1) is 11.3 Å². The van der Waals surface area contributed by atoms with Crippen LogP contribution in [0.3, 0.4) is 0 Å². The maximum absolute atomic E-state index is 13.4. The van der Waals surface area contributed by atoms with Gasteiger partial charge in [0.05, 0.1) is 23.2 Å². The van der Waals surface area contributed by atoms with Crippen molar-refractivity contribution in [2.45, 2.75) is 64.6 Å². The van der Waals surface area contributed by atoms with Crippen molar-refractivity contribution < 1.29 is 9.59 Å². The molecular weight excluding hydrogens is 374 g/mol. The zero-order valence-electron chi connectivity index (χ0n) is 16.4. The molecule has 2 N–H and O–H groups in total. The normalized spacial score (nSPS) is 26.2. The van der Waals surface area contributed by atoms with Gasteiger partial charge in [-0.1, -0.05) is 13.8 Å². The van der Waals surface area contributed by atoms with Gasteiger partial charge in [0, 0.05) is 23.7 Å². The minimum atomic E-state index is -0.515. The Kier molecular flexibility index (Phi) is 5.23. The molecule has 3 atom stereocenters. The molecular formula is C20H27N5O2S. The summed E-state index contributed by atoms with van der Waals surface area (Å²) < 4.78 is 0. The van der Waals surface area contributed by atoms with Crippen molar-refractivity contribution in [1.29, 1.82) is 0 Å². The summed E-state index contributed by atoms with van der Waals surface area (Å²) in [4.78, 5) is 32.7. The average molecular weight is 402 g/mol. The molecule has 2 aliphatic rings. The van der Waals surface area contributed by atoms with Gasteiger partial charge in [-0.05, 0) is 44.1 Å². The predicted octanol–water partition coefficient (Wildman–Crippen LogP) is 2.98. The molecule has 0 saturated carbocycles. The van der Waals surface area contributed by atoms with Crippen LogP contribution >= 0.6 is 11.3 Å². The monoisotopic (exact) mass is 401 g/mol. The molecule has 28 heavy (non-hydrogen) atoms. The number of hydrogen-bond donors (Lipinski definition) is 2. The third-order valence-corrected chi connectivity index (χ3v) is 6.87. The number of carbonyl (C=O) groups excluding carboxylic acids is 2. The van der Waals surface area contributed by atoms with E-state index in [4.69, 9.17) is 0 Å². The molecule has 7 nitrogen and oxygen atoms in total. The van der Waals surface area contributed by atoms with Gasteiger partial charge in [-0.2, -0.15) is 5.10 Å². The van der Waals surface area contributed by atoms with Crippen molar-refractivity contribution >= 4 is 23.2 Å². The van der Waals surface area contributed by atoms with Crippen molar-refractivity contribution in [3.8, 4) is 0 Å². The third-order valence-electron chi connectivity index (χ3n) is 6.24. The first-order valence-corrected chi connectivity index (χ1v) is 10.9. The molecule has 0 radical (unpaired) electrons. The van der Waals surface area contributed by atoms with Crippen LogP contribution in [0.25, 0.3) is 0 Å². The van der Waals surface area contributed by atoms with E-state index >= 15 is 0 Å². The molecule has 2 bridgehead atoms. The van der Waals surface area contributed by atoms with Crippen molar-refractivity contribution in [2.24, 2.45) is 11.3 Å². The molecule has 0 aromatic carbocycles. The molecule has 4 rings (SSSR count). The van der Waals surface area contributed by atoms with Crippen molar-refractivity contribution in [3.63, 3.8) is 0 Å². The Morgan fingerprint density at radius 1 is 1.43 bits per heavy atom. The van der Waals surface area contributed by atoms with Gasteiger partial charge in [0.15, 0.2) is 0 Å². The van der Waals surface area contributed by atoms with E-state index in [0.717, 1.165) is 37.8 Å². The van der Waals surface area contributed by atoms with E-state index in [2.05, 4.69) is 34.3 Å². The summed E-state index contributed by atoms with van der Waals surface area (Å²) in [7, 11) is 0. The van der Waals surface area contributed by atoms with Crippen LogP contribution in [-0.2, 0) is 11.3 Å². The predicted molar refractivity (Wildman–Crippen MR) is 107 cm³/mol. The summed E-state index contributed by atoms with van der Waals surface area (Å²) in [6, 6.07) is 1.78. The second-order valence-corrected chi connectivity index (χ2v) is 9.10. The van der Waals surface area contributed by atoms with E-state index in [1.165, 1.54) is 11.3 Å². The van der Waals surface area contributed by atoms with Gasteiger partial charge >= 0.3 is 0 Å². The number of rotatable bonds is 7. The molecule has 2 saturated heterocycles. The largest absolute Gasteiger partial charge is 0.350 e. The zero-order chi connectivity index (χ0) is 19.7. The summed E-state index contributed by atoms with van der Waals surface area (Å²) in [5.74, 6) is 0.540. The first-order chi connectivity index (χ1) is 13.5. The van der Waals surface area contributed by atoms with Crippen LogP contribution in [0.4, 0.5) is 0 Å². The Labute approximate surface area is 168 Å². The van der Waals surface area contributed by atoms with Crippen LogP contribution < -0.4 is 5.32 Å².